The second-order valence-corrected chi connectivity index (χ2v) is 7.05. The first-order chi connectivity index (χ1) is 9.65. The number of carbonyl (C=O) groups excluding carboxylic acids is 1. The highest BCUT2D eigenvalue weighted by atomic mass is 32.2. The van der Waals surface area contributed by atoms with Crippen molar-refractivity contribution in [2.45, 2.75) is 50.7 Å². The third-order valence-corrected chi connectivity index (χ3v) is 5.45. The molecule has 0 bridgehead atoms. The lowest BCUT2D eigenvalue weighted by Crippen LogP contribution is -2.49. The van der Waals surface area contributed by atoms with E-state index in [-0.39, 0.29) is 11.6 Å². The van der Waals surface area contributed by atoms with Crippen molar-refractivity contribution >= 4 is 17.7 Å². The second-order valence-electron chi connectivity index (χ2n) is 5.83. The number of carbonyl (C=O) groups is 1. The predicted molar refractivity (Wildman–Crippen MR) is 82.1 cm³/mol. The Balaban J connectivity index is 1.80. The minimum absolute atomic E-state index is 0.0878. The first-order valence-corrected chi connectivity index (χ1v) is 8.88. The SMILES string of the molecule is CCOC(=O)CCN(C)C1CCOC2(CCSCC2)C1. The van der Waals surface area contributed by atoms with Crippen LogP contribution in [-0.4, -0.2) is 60.8 Å². The number of nitrogens with zero attached hydrogens (tertiary/aromatic N) is 1. The van der Waals surface area contributed by atoms with Crippen molar-refractivity contribution in [2.24, 2.45) is 0 Å². The van der Waals surface area contributed by atoms with Gasteiger partial charge < -0.3 is 14.4 Å². The molecule has 1 atom stereocenters. The smallest absolute Gasteiger partial charge is 0.307 e. The van der Waals surface area contributed by atoms with Crippen molar-refractivity contribution in [1.82, 2.24) is 4.90 Å². The van der Waals surface area contributed by atoms with E-state index in [9.17, 15) is 4.79 Å². The van der Waals surface area contributed by atoms with Crippen molar-refractivity contribution in [2.75, 3.05) is 38.3 Å². The summed E-state index contributed by atoms with van der Waals surface area (Å²) in [7, 11) is 2.13. The van der Waals surface area contributed by atoms with Gasteiger partial charge in [0, 0.05) is 19.2 Å². The summed E-state index contributed by atoms with van der Waals surface area (Å²) in [5.41, 5.74) is 0.117. The molecule has 0 saturated carbocycles. The van der Waals surface area contributed by atoms with E-state index in [4.69, 9.17) is 9.47 Å². The average Bonchev–Trinajstić information content (AvgIpc) is 2.46. The van der Waals surface area contributed by atoms with Crippen molar-refractivity contribution in [3.05, 3.63) is 0 Å². The fraction of sp³-hybridized carbons (Fsp3) is 0.933. The molecule has 116 valence electrons. The Bertz CT molecular complexity index is 313. The third kappa shape index (κ3) is 4.37. The van der Waals surface area contributed by atoms with Gasteiger partial charge in [-0.3, -0.25) is 4.79 Å². The van der Waals surface area contributed by atoms with E-state index in [0.717, 1.165) is 26.0 Å². The van der Waals surface area contributed by atoms with Gasteiger partial charge in [0.15, 0.2) is 0 Å². The van der Waals surface area contributed by atoms with Crippen LogP contribution in [0.25, 0.3) is 0 Å². The van der Waals surface area contributed by atoms with Gasteiger partial charge in [-0.2, -0.15) is 11.8 Å². The van der Waals surface area contributed by atoms with Crippen LogP contribution in [0.15, 0.2) is 0 Å². The summed E-state index contributed by atoms with van der Waals surface area (Å²) in [6, 6.07) is 0.543. The Kier molecular flexibility index (Phi) is 6.18. The molecular formula is C15H27NO3S. The maximum atomic E-state index is 11.4. The van der Waals surface area contributed by atoms with Crippen molar-refractivity contribution in [3.8, 4) is 0 Å². The van der Waals surface area contributed by atoms with Crippen molar-refractivity contribution in [3.63, 3.8) is 0 Å². The molecule has 2 rings (SSSR count). The number of esters is 1. The molecule has 0 radical (unpaired) electrons. The van der Waals surface area contributed by atoms with Gasteiger partial charge in [0.2, 0.25) is 0 Å². The van der Waals surface area contributed by atoms with Crippen LogP contribution in [0.3, 0.4) is 0 Å². The molecule has 0 aromatic heterocycles. The zero-order valence-corrected chi connectivity index (χ0v) is 13.5. The van der Waals surface area contributed by atoms with Crippen molar-refractivity contribution in [1.29, 1.82) is 0 Å². The molecule has 0 aromatic rings. The van der Waals surface area contributed by atoms with Gasteiger partial charge in [0.05, 0.1) is 18.6 Å². The molecule has 2 heterocycles. The number of hydrogen-bond acceptors (Lipinski definition) is 5. The zero-order valence-electron chi connectivity index (χ0n) is 12.7. The maximum Gasteiger partial charge on any atom is 0.307 e. The van der Waals surface area contributed by atoms with Crippen LogP contribution < -0.4 is 0 Å². The first kappa shape index (κ1) is 16.1. The highest BCUT2D eigenvalue weighted by Gasteiger charge is 2.39. The summed E-state index contributed by atoms with van der Waals surface area (Å²) in [5, 5.41) is 0. The Morgan fingerprint density at radius 3 is 2.90 bits per heavy atom. The van der Waals surface area contributed by atoms with Crippen LogP contribution >= 0.6 is 11.8 Å². The van der Waals surface area contributed by atoms with E-state index >= 15 is 0 Å². The molecule has 2 saturated heterocycles. The Morgan fingerprint density at radius 2 is 2.20 bits per heavy atom. The predicted octanol–water partition coefficient (Wildman–Crippen LogP) is 2.32. The zero-order chi connectivity index (χ0) is 14.4. The van der Waals surface area contributed by atoms with Gasteiger partial charge in [-0.25, -0.2) is 0 Å². The monoisotopic (exact) mass is 301 g/mol. The fourth-order valence-corrected chi connectivity index (χ4v) is 4.39. The number of thioether (sulfide) groups is 1. The van der Waals surface area contributed by atoms with Gasteiger partial charge >= 0.3 is 5.97 Å². The molecule has 4 nitrogen and oxygen atoms in total. The molecule has 5 heteroatoms. The van der Waals surface area contributed by atoms with E-state index in [2.05, 4.69) is 11.9 Å². The standard InChI is InChI=1S/C15H27NO3S/c1-3-18-14(17)4-8-16(2)13-5-9-19-15(12-13)6-10-20-11-7-15/h13H,3-12H2,1-2H3. The topological polar surface area (TPSA) is 38.8 Å². The Hall–Kier alpha value is -0.260. The molecule has 0 aliphatic carbocycles. The van der Waals surface area contributed by atoms with Crippen LogP contribution in [0.4, 0.5) is 0 Å². The largest absolute Gasteiger partial charge is 0.466 e. The van der Waals surface area contributed by atoms with Gasteiger partial charge in [0.1, 0.15) is 0 Å². The first-order valence-electron chi connectivity index (χ1n) is 7.73. The number of hydrogen-bond donors (Lipinski definition) is 0. The molecule has 1 spiro atoms. The highest BCUT2D eigenvalue weighted by Crippen LogP contribution is 2.38. The minimum Gasteiger partial charge on any atom is -0.466 e. The maximum absolute atomic E-state index is 11.4. The highest BCUT2D eigenvalue weighted by molar-refractivity contribution is 7.99. The summed E-state index contributed by atoms with van der Waals surface area (Å²) < 4.78 is 11.1. The average molecular weight is 301 g/mol. The summed E-state index contributed by atoms with van der Waals surface area (Å²) in [6.45, 7) is 3.97. The van der Waals surface area contributed by atoms with Gasteiger partial charge in [-0.05, 0) is 51.2 Å². The van der Waals surface area contributed by atoms with Crippen LogP contribution in [0.5, 0.6) is 0 Å². The van der Waals surface area contributed by atoms with Crippen LogP contribution in [0.1, 0.15) is 39.0 Å². The molecule has 0 N–H and O–H groups in total. The quantitative estimate of drug-likeness (QED) is 0.729. The van der Waals surface area contributed by atoms with E-state index < -0.39 is 0 Å². The van der Waals surface area contributed by atoms with E-state index in [0.29, 0.717) is 19.1 Å². The molecular weight excluding hydrogens is 274 g/mol. The Labute approximate surface area is 126 Å². The van der Waals surface area contributed by atoms with Crippen molar-refractivity contribution < 1.29 is 14.3 Å². The number of ether oxygens (including phenoxy) is 2. The van der Waals surface area contributed by atoms with E-state index in [1.54, 1.807) is 0 Å². The van der Waals surface area contributed by atoms with E-state index in [1.807, 2.05) is 18.7 Å². The normalized spacial score (nSPS) is 25.9. The lowest BCUT2D eigenvalue weighted by molar-refractivity contribution is -0.144. The summed E-state index contributed by atoms with van der Waals surface area (Å²) in [6.07, 6.45) is 5.05. The lowest BCUT2D eigenvalue weighted by Gasteiger charge is -2.45. The van der Waals surface area contributed by atoms with Crippen LogP contribution in [-0.2, 0) is 14.3 Å². The summed E-state index contributed by atoms with van der Waals surface area (Å²) in [4.78, 5) is 13.8. The van der Waals surface area contributed by atoms with Crippen LogP contribution in [0.2, 0.25) is 0 Å². The fourth-order valence-electron chi connectivity index (χ4n) is 3.15. The molecule has 1 unspecified atom stereocenters. The van der Waals surface area contributed by atoms with Crippen LogP contribution in [0, 0.1) is 0 Å². The van der Waals surface area contributed by atoms with Gasteiger partial charge in [0.25, 0.3) is 0 Å². The van der Waals surface area contributed by atoms with Gasteiger partial charge in [-0.15, -0.1) is 0 Å². The summed E-state index contributed by atoms with van der Waals surface area (Å²) in [5.74, 6) is 2.36. The molecule has 2 fully saturated rings. The number of rotatable bonds is 5. The lowest BCUT2D eigenvalue weighted by atomic mass is 9.85. The Morgan fingerprint density at radius 1 is 1.45 bits per heavy atom. The minimum atomic E-state index is -0.0878. The van der Waals surface area contributed by atoms with E-state index in [1.165, 1.54) is 24.3 Å². The molecule has 20 heavy (non-hydrogen) atoms. The summed E-state index contributed by atoms with van der Waals surface area (Å²) >= 11 is 2.04. The molecule has 2 aliphatic heterocycles. The third-order valence-electron chi connectivity index (χ3n) is 4.47. The molecule has 0 aromatic carbocycles. The second kappa shape index (κ2) is 7.66. The van der Waals surface area contributed by atoms with Gasteiger partial charge in [-0.1, -0.05) is 0 Å². The molecule has 0 amide bonds. The molecule has 2 aliphatic rings.